The number of nitrogens with one attached hydrogen (secondary N) is 1. The van der Waals surface area contributed by atoms with Gasteiger partial charge >= 0.3 is 5.69 Å². The van der Waals surface area contributed by atoms with E-state index < -0.39 is 11.0 Å². The Balaban J connectivity index is 2.93. The van der Waals surface area contributed by atoms with Crippen molar-refractivity contribution in [1.29, 1.82) is 10.5 Å². The van der Waals surface area contributed by atoms with E-state index in [9.17, 15) is 10.1 Å². The van der Waals surface area contributed by atoms with Gasteiger partial charge in [-0.2, -0.15) is 10.5 Å². The van der Waals surface area contributed by atoms with Crippen molar-refractivity contribution in [2.75, 3.05) is 13.7 Å². The summed E-state index contributed by atoms with van der Waals surface area (Å²) in [4.78, 5) is 10.2. The van der Waals surface area contributed by atoms with Crippen LogP contribution in [0.2, 0.25) is 0 Å². The van der Waals surface area contributed by atoms with Gasteiger partial charge in [0.1, 0.15) is 12.6 Å². The molecule has 0 bridgehead atoms. The van der Waals surface area contributed by atoms with E-state index in [2.05, 4.69) is 5.32 Å². The first-order valence-corrected chi connectivity index (χ1v) is 5.00. The first-order chi connectivity index (χ1) is 8.62. The van der Waals surface area contributed by atoms with Gasteiger partial charge in [0, 0.05) is 6.07 Å². The molecule has 0 heterocycles. The third-order valence-corrected chi connectivity index (χ3v) is 2.19. The van der Waals surface area contributed by atoms with Gasteiger partial charge in [0.2, 0.25) is 0 Å². The number of nitro groups is 1. The van der Waals surface area contributed by atoms with Gasteiger partial charge in [-0.1, -0.05) is 0 Å². The predicted molar refractivity (Wildman–Crippen MR) is 61.8 cm³/mol. The molecule has 92 valence electrons. The lowest BCUT2D eigenvalue weighted by Crippen LogP contribution is -2.30. The van der Waals surface area contributed by atoms with E-state index in [1.54, 1.807) is 7.05 Å². The SMILES string of the molecule is CNC(C#N)COc1ccc(C#N)cc1[N+](=O)[O-]. The van der Waals surface area contributed by atoms with E-state index in [0.29, 0.717) is 0 Å². The normalized spacial score (nSPS) is 11.1. The largest absolute Gasteiger partial charge is 0.484 e. The maximum absolute atomic E-state index is 10.8. The monoisotopic (exact) mass is 246 g/mol. The second-order valence-corrected chi connectivity index (χ2v) is 3.33. The molecule has 1 atom stereocenters. The van der Waals surface area contributed by atoms with Gasteiger partial charge in [0.15, 0.2) is 5.75 Å². The fourth-order valence-electron chi connectivity index (χ4n) is 1.21. The summed E-state index contributed by atoms with van der Waals surface area (Å²) in [5.74, 6) is 0.0366. The van der Waals surface area contributed by atoms with Crippen LogP contribution >= 0.6 is 0 Å². The Morgan fingerprint density at radius 1 is 1.56 bits per heavy atom. The molecule has 7 heteroatoms. The highest BCUT2D eigenvalue weighted by atomic mass is 16.6. The van der Waals surface area contributed by atoms with Crippen molar-refractivity contribution in [2.24, 2.45) is 0 Å². The van der Waals surface area contributed by atoms with Crippen molar-refractivity contribution in [1.82, 2.24) is 5.32 Å². The third-order valence-electron chi connectivity index (χ3n) is 2.19. The smallest absolute Gasteiger partial charge is 0.312 e. The molecule has 0 aliphatic rings. The van der Waals surface area contributed by atoms with Gasteiger partial charge in [0.25, 0.3) is 0 Å². The summed E-state index contributed by atoms with van der Waals surface area (Å²) in [5, 5.41) is 30.9. The van der Waals surface area contributed by atoms with Crippen LogP contribution < -0.4 is 10.1 Å². The highest BCUT2D eigenvalue weighted by molar-refractivity contribution is 5.51. The number of hydrogen-bond donors (Lipinski definition) is 1. The number of hydrogen-bond acceptors (Lipinski definition) is 6. The average Bonchev–Trinajstić information content (AvgIpc) is 2.39. The summed E-state index contributed by atoms with van der Waals surface area (Å²) in [6.07, 6.45) is 0. The quantitative estimate of drug-likeness (QED) is 0.611. The maximum Gasteiger partial charge on any atom is 0.312 e. The van der Waals surface area contributed by atoms with E-state index >= 15 is 0 Å². The van der Waals surface area contributed by atoms with Crippen molar-refractivity contribution in [3.8, 4) is 17.9 Å². The minimum absolute atomic E-state index is 0.0141. The number of nitriles is 2. The van der Waals surface area contributed by atoms with Crippen molar-refractivity contribution in [3.05, 3.63) is 33.9 Å². The fraction of sp³-hybridized carbons (Fsp3) is 0.273. The number of rotatable bonds is 5. The lowest BCUT2D eigenvalue weighted by Gasteiger charge is -2.10. The second-order valence-electron chi connectivity index (χ2n) is 3.33. The van der Waals surface area contributed by atoms with Gasteiger partial charge in [-0.3, -0.25) is 10.1 Å². The number of nitrogens with zero attached hydrogens (tertiary/aromatic N) is 3. The molecule has 1 rings (SSSR count). The molecule has 0 spiro atoms. The molecule has 1 unspecified atom stereocenters. The van der Waals surface area contributed by atoms with Crippen molar-refractivity contribution in [3.63, 3.8) is 0 Å². The standard InChI is InChI=1S/C11H10N4O3/c1-14-9(6-13)7-18-11-3-2-8(5-12)4-10(11)15(16)17/h2-4,9,14H,7H2,1H3. The van der Waals surface area contributed by atoms with Crippen LogP contribution in [0.4, 0.5) is 5.69 Å². The maximum atomic E-state index is 10.8. The zero-order chi connectivity index (χ0) is 13.5. The van der Waals surface area contributed by atoms with Crippen molar-refractivity contribution >= 4 is 5.69 Å². The van der Waals surface area contributed by atoms with Crippen LogP contribution in [0.1, 0.15) is 5.56 Å². The summed E-state index contributed by atoms with van der Waals surface area (Å²) in [6.45, 7) is -0.0141. The zero-order valence-electron chi connectivity index (χ0n) is 9.58. The van der Waals surface area contributed by atoms with Crippen LogP contribution in [-0.4, -0.2) is 24.6 Å². The number of likely N-dealkylation sites (N-methyl/N-ethyl adjacent to an activating group) is 1. The molecule has 0 fully saturated rings. The van der Waals surface area contributed by atoms with Crippen LogP contribution in [0, 0.1) is 32.8 Å². The van der Waals surface area contributed by atoms with E-state index in [-0.39, 0.29) is 23.6 Å². The lowest BCUT2D eigenvalue weighted by molar-refractivity contribution is -0.385. The molecule has 1 aromatic rings. The topological polar surface area (TPSA) is 112 Å². The molecule has 1 N–H and O–H groups in total. The van der Waals surface area contributed by atoms with E-state index in [1.807, 2.05) is 12.1 Å². The Morgan fingerprint density at radius 2 is 2.28 bits per heavy atom. The van der Waals surface area contributed by atoms with Crippen LogP contribution in [0.3, 0.4) is 0 Å². The summed E-state index contributed by atoms with van der Waals surface area (Å²) in [7, 11) is 1.59. The molecule has 0 aromatic heterocycles. The molecule has 0 saturated carbocycles. The number of ether oxygens (including phenoxy) is 1. The highest BCUT2D eigenvalue weighted by Gasteiger charge is 2.17. The Kier molecular flexibility index (Phi) is 4.61. The first kappa shape index (κ1) is 13.4. The van der Waals surface area contributed by atoms with E-state index in [4.69, 9.17) is 15.3 Å². The Bertz CT molecular complexity index is 530. The van der Waals surface area contributed by atoms with Gasteiger partial charge in [-0.25, -0.2) is 0 Å². The summed E-state index contributed by atoms with van der Waals surface area (Å²) in [5.41, 5.74) is -0.110. The minimum Gasteiger partial charge on any atom is -0.484 e. The Morgan fingerprint density at radius 3 is 2.78 bits per heavy atom. The van der Waals surface area contributed by atoms with Crippen molar-refractivity contribution in [2.45, 2.75) is 6.04 Å². The first-order valence-electron chi connectivity index (χ1n) is 5.00. The van der Waals surface area contributed by atoms with Gasteiger partial charge < -0.3 is 10.1 Å². The molecule has 1 aromatic carbocycles. The van der Waals surface area contributed by atoms with Gasteiger partial charge in [-0.05, 0) is 19.2 Å². The summed E-state index contributed by atoms with van der Waals surface area (Å²) in [6, 6.07) is 7.09. The molecule has 0 aliphatic carbocycles. The fourth-order valence-corrected chi connectivity index (χ4v) is 1.21. The van der Waals surface area contributed by atoms with E-state index in [0.717, 1.165) is 6.07 Å². The summed E-state index contributed by atoms with van der Waals surface area (Å²) < 4.78 is 5.21. The molecule has 7 nitrogen and oxygen atoms in total. The van der Waals surface area contributed by atoms with Crippen LogP contribution in [0.5, 0.6) is 5.75 Å². The van der Waals surface area contributed by atoms with Crippen molar-refractivity contribution < 1.29 is 9.66 Å². The molecule has 0 radical (unpaired) electrons. The minimum atomic E-state index is -0.628. The van der Waals surface area contributed by atoms with Gasteiger partial charge in [-0.15, -0.1) is 0 Å². The lowest BCUT2D eigenvalue weighted by atomic mass is 10.2. The van der Waals surface area contributed by atoms with E-state index in [1.165, 1.54) is 12.1 Å². The highest BCUT2D eigenvalue weighted by Crippen LogP contribution is 2.27. The molecule has 18 heavy (non-hydrogen) atoms. The average molecular weight is 246 g/mol. The zero-order valence-corrected chi connectivity index (χ0v) is 9.58. The molecule has 0 saturated heterocycles. The molecular formula is C11H10N4O3. The molecule has 0 amide bonds. The number of nitro benzene ring substituents is 1. The second kappa shape index (κ2) is 6.18. The van der Waals surface area contributed by atoms with Crippen LogP contribution in [0.25, 0.3) is 0 Å². The Hall–Kier alpha value is -2.64. The van der Waals surface area contributed by atoms with Crippen LogP contribution in [0.15, 0.2) is 18.2 Å². The third kappa shape index (κ3) is 3.17. The Labute approximate surface area is 103 Å². The van der Waals surface area contributed by atoms with Gasteiger partial charge in [0.05, 0.1) is 22.6 Å². The summed E-state index contributed by atoms with van der Waals surface area (Å²) >= 11 is 0. The number of benzene rings is 1. The van der Waals surface area contributed by atoms with Crippen LogP contribution in [-0.2, 0) is 0 Å². The predicted octanol–water partition coefficient (Wildman–Crippen LogP) is 0.957. The molecule has 0 aliphatic heterocycles. The molecular weight excluding hydrogens is 236 g/mol.